The number of ether oxygens (including phenoxy) is 1. The molecule has 4 aromatic rings. The fourth-order valence-electron chi connectivity index (χ4n) is 4.19. The molecule has 1 atom stereocenters. The maximum Gasteiger partial charge on any atom is 0.246 e. The standard InChI is InChI=1S/C23H21ClF2N6O/c1-33-20-11-17(5-6-19(20)31-12-21(24)27-13-31)28-23-29-22-18(4-2-3-7-32(22)30-23)14-8-15(25)10-16(26)9-14/h5-6,8-13,18H,2-4,7H2,1H3,(H,28,30)/t18-/m1/s1. The van der Waals surface area contributed by atoms with Crippen molar-refractivity contribution in [2.45, 2.75) is 31.7 Å². The van der Waals surface area contributed by atoms with Crippen LogP contribution in [-0.2, 0) is 6.54 Å². The molecule has 0 spiro atoms. The summed E-state index contributed by atoms with van der Waals surface area (Å²) in [7, 11) is 1.58. The number of anilines is 2. The number of hydrogen-bond acceptors (Lipinski definition) is 5. The molecule has 33 heavy (non-hydrogen) atoms. The van der Waals surface area contributed by atoms with Gasteiger partial charge in [-0.3, -0.25) is 0 Å². The third-order valence-electron chi connectivity index (χ3n) is 5.68. The van der Waals surface area contributed by atoms with Crippen LogP contribution < -0.4 is 10.1 Å². The number of fused-ring (bicyclic) bond motifs is 1. The van der Waals surface area contributed by atoms with E-state index in [1.54, 1.807) is 24.2 Å². The first-order chi connectivity index (χ1) is 16.0. The summed E-state index contributed by atoms with van der Waals surface area (Å²) in [4.78, 5) is 8.72. The molecular weight excluding hydrogens is 450 g/mol. The van der Waals surface area contributed by atoms with Crippen molar-refractivity contribution in [2.24, 2.45) is 0 Å². The van der Waals surface area contributed by atoms with E-state index >= 15 is 0 Å². The highest BCUT2D eigenvalue weighted by Gasteiger charge is 2.25. The van der Waals surface area contributed by atoms with Crippen molar-refractivity contribution in [3.8, 4) is 11.4 Å². The lowest BCUT2D eigenvalue weighted by Gasteiger charge is -2.14. The average Bonchev–Trinajstić information content (AvgIpc) is 3.33. The highest BCUT2D eigenvalue weighted by molar-refractivity contribution is 6.29. The fourth-order valence-corrected chi connectivity index (χ4v) is 4.34. The average molecular weight is 471 g/mol. The molecule has 2 aromatic heterocycles. The summed E-state index contributed by atoms with van der Waals surface area (Å²) in [5.74, 6) is 0.299. The number of rotatable bonds is 5. The van der Waals surface area contributed by atoms with Crippen molar-refractivity contribution < 1.29 is 13.5 Å². The summed E-state index contributed by atoms with van der Waals surface area (Å²) >= 11 is 5.93. The first-order valence-corrected chi connectivity index (χ1v) is 10.9. The van der Waals surface area contributed by atoms with Crippen LogP contribution in [-0.4, -0.2) is 31.4 Å². The Bertz CT molecular complexity index is 1280. The van der Waals surface area contributed by atoms with Crippen molar-refractivity contribution in [1.29, 1.82) is 0 Å². The zero-order valence-corrected chi connectivity index (χ0v) is 18.6. The molecule has 170 valence electrons. The second-order valence-electron chi connectivity index (χ2n) is 7.88. The van der Waals surface area contributed by atoms with Gasteiger partial charge in [-0.25, -0.2) is 18.4 Å². The summed E-state index contributed by atoms with van der Waals surface area (Å²) in [6.07, 6.45) is 5.89. The minimum Gasteiger partial charge on any atom is -0.494 e. The van der Waals surface area contributed by atoms with E-state index in [0.29, 0.717) is 34.8 Å². The predicted molar refractivity (Wildman–Crippen MR) is 120 cm³/mol. The van der Waals surface area contributed by atoms with E-state index in [0.717, 1.165) is 36.7 Å². The normalized spacial score (nSPS) is 15.7. The van der Waals surface area contributed by atoms with E-state index in [1.807, 2.05) is 22.9 Å². The van der Waals surface area contributed by atoms with Crippen LogP contribution in [0.5, 0.6) is 5.75 Å². The molecule has 1 N–H and O–H groups in total. The quantitative estimate of drug-likeness (QED) is 0.419. The van der Waals surface area contributed by atoms with E-state index in [2.05, 4.69) is 20.4 Å². The van der Waals surface area contributed by atoms with Gasteiger partial charge in [0.25, 0.3) is 0 Å². The monoisotopic (exact) mass is 470 g/mol. The minimum atomic E-state index is -0.593. The van der Waals surface area contributed by atoms with Crippen molar-refractivity contribution in [2.75, 3.05) is 12.4 Å². The van der Waals surface area contributed by atoms with Crippen LogP contribution in [0.2, 0.25) is 5.15 Å². The molecule has 7 nitrogen and oxygen atoms in total. The molecule has 0 fully saturated rings. The SMILES string of the molecule is COc1cc(Nc2nc3n(n2)CCCC[C@@H]3c2cc(F)cc(F)c2)ccc1-n1cnc(Cl)c1. The number of imidazole rings is 1. The zero-order chi connectivity index (χ0) is 22.9. The number of hydrogen-bond donors (Lipinski definition) is 1. The van der Waals surface area contributed by atoms with Crippen molar-refractivity contribution in [3.63, 3.8) is 0 Å². The van der Waals surface area contributed by atoms with Gasteiger partial charge in [-0.2, -0.15) is 4.98 Å². The molecule has 3 heterocycles. The number of aromatic nitrogens is 5. The molecule has 2 aromatic carbocycles. The minimum absolute atomic E-state index is 0.233. The lowest BCUT2D eigenvalue weighted by Crippen LogP contribution is -2.09. The number of aryl methyl sites for hydroxylation is 1. The van der Waals surface area contributed by atoms with Crippen LogP contribution in [0.25, 0.3) is 5.69 Å². The first-order valence-electron chi connectivity index (χ1n) is 10.6. The maximum atomic E-state index is 13.9. The lowest BCUT2D eigenvalue weighted by atomic mass is 9.93. The summed E-state index contributed by atoms with van der Waals surface area (Å²) in [5.41, 5.74) is 2.08. The number of methoxy groups -OCH3 is 1. The molecule has 0 aliphatic carbocycles. The van der Waals surface area contributed by atoms with Crippen LogP contribution in [0.4, 0.5) is 20.4 Å². The van der Waals surface area contributed by atoms with Crippen LogP contribution >= 0.6 is 11.6 Å². The van der Waals surface area contributed by atoms with Gasteiger partial charge in [0.2, 0.25) is 5.95 Å². The molecule has 5 rings (SSSR count). The molecule has 0 amide bonds. The molecule has 0 bridgehead atoms. The summed E-state index contributed by atoms with van der Waals surface area (Å²) < 4.78 is 36.8. The molecule has 0 radical (unpaired) electrons. The van der Waals surface area contributed by atoms with Gasteiger partial charge in [-0.05, 0) is 42.7 Å². The van der Waals surface area contributed by atoms with E-state index in [4.69, 9.17) is 16.3 Å². The summed E-state index contributed by atoms with van der Waals surface area (Å²) in [6, 6.07) is 9.20. The predicted octanol–water partition coefficient (Wildman–Crippen LogP) is 5.46. The lowest BCUT2D eigenvalue weighted by molar-refractivity contribution is 0.413. The third-order valence-corrected chi connectivity index (χ3v) is 5.87. The summed E-state index contributed by atoms with van der Waals surface area (Å²) in [6.45, 7) is 0.696. The first kappa shape index (κ1) is 21.4. The Morgan fingerprint density at radius 2 is 1.94 bits per heavy atom. The number of nitrogens with zero attached hydrogens (tertiary/aromatic N) is 5. The number of halogens is 3. The number of nitrogens with one attached hydrogen (secondary N) is 1. The van der Waals surface area contributed by atoms with Crippen molar-refractivity contribution in [3.05, 3.63) is 77.1 Å². The Labute approximate surface area is 194 Å². The van der Waals surface area contributed by atoms with E-state index in [1.165, 1.54) is 12.1 Å². The second kappa shape index (κ2) is 8.82. The largest absolute Gasteiger partial charge is 0.494 e. The number of benzene rings is 2. The third kappa shape index (κ3) is 4.41. The molecule has 1 aliphatic rings. The van der Waals surface area contributed by atoms with Crippen molar-refractivity contribution >= 4 is 23.2 Å². The summed E-state index contributed by atoms with van der Waals surface area (Å²) in [5, 5.41) is 8.20. The van der Waals surface area contributed by atoms with Gasteiger partial charge in [-0.1, -0.05) is 18.0 Å². The van der Waals surface area contributed by atoms with Crippen molar-refractivity contribution in [1.82, 2.24) is 24.3 Å². The zero-order valence-electron chi connectivity index (χ0n) is 17.8. The van der Waals surface area contributed by atoms with Crippen LogP contribution in [0.1, 0.15) is 36.6 Å². The Morgan fingerprint density at radius 3 is 2.67 bits per heavy atom. The van der Waals surface area contributed by atoms with E-state index in [-0.39, 0.29) is 5.92 Å². The van der Waals surface area contributed by atoms with Crippen LogP contribution in [0.15, 0.2) is 48.9 Å². The molecule has 1 aliphatic heterocycles. The Kier molecular flexibility index (Phi) is 5.72. The van der Waals surface area contributed by atoms with Gasteiger partial charge in [0, 0.05) is 36.5 Å². The Hall–Kier alpha value is -3.46. The topological polar surface area (TPSA) is 69.8 Å². The smallest absolute Gasteiger partial charge is 0.246 e. The highest BCUT2D eigenvalue weighted by atomic mass is 35.5. The molecule has 0 unspecified atom stereocenters. The van der Waals surface area contributed by atoms with Gasteiger partial charge >= 0.3 is 0 Å². The maximum absolute atomic E-state index is 13.9. The molecule has 0 saturated carbocycles. The van der Waals surface area contributed by atoms with E-state index < -0.39 is 11.6 Å². The van der Waals surface area contributed by atoms with Gasteiger partial charge in [0.15, 0.2) is 0 Å². The fraction of sp³-hybridized carbons (Fsp3) is 0.261. The second-order valence-corrected chi connectivity index (χ2v) is 8.27. The highest BCUT2D eigenvalue weighted by Crippen LogP contribution is 2.34. The molecule has 0 saturated heterocycles. The molecule has 10 heteroatoms. The van der Waals surface area contributed by atoms with E-state index in [9.17, 15) is 8.78 Å². The van der Waals surface area contributed by atoms with Gasteiger partial charge < -0.3 is 14.6 Å². The Balaban J connectivity index is 1.45. The van der Waals surface area contributed by atoms with Gasteiger partial charge in [0.1, 0.15) is 34.7 Å². The molecular formula is C23H21ClF2N6O. The van der Waals surface area contributed by atoms with Gasteiger partial charge in [-0.15, -0.1) is 5.10 Å². The van der Waals surface area contributed by atoms with Crippen LogP contribution in [0.3, 0.4) is 0 Å². The van der Waals surface area contributed by atoms with Gasteiger partial charge in [0.05, 0.1) is 12.8 Å². The Morgan fingerprint density at radius 1 is 1.12 bits per heavy atom. The van der Waals surface area contributed by atoms with Crippen LogP contribution in [0, 0.1) is 11.6 Å².